The third-order valence-electron chi connectivity index (χ3n) is 14.2. The number of hydrogen-bond donors (Lipinski definition) is 3. The lowest BCUT2D eigenvalue weighted by Gasteiger charge is -2.20. The molecule has 0 aliphatic rings. The van der Waals surface area contributed by atoms with Gasteiger partial charge in [-0.15, -0.1) is 0 Å². The molecule has 0 aromatic heterocycles. The van der Waals surface area contributed by atoms with Gasteiger partial charge >= 0.3 is 5.97 Å². The monoisotopic (exact) mass is 970 g/mol. The fraction of sp³-hybridized carbons (Fsp3) is 0.873. The Hall–Kier alpha value is -1.92. The Bertz CT molecular complexity index is 1120. The van der Waals surface area contributed by atoms with E-state index in [1.54, 1.807) is 6.08 Å². The molecule has 2 unspecified atom stereocenters. The highest BCUT2D eigenvalue weighted by atomic mass is 16.5. The molecule has 0 rings (SSSR count). The number of rotatable bonds is 57. The van der Waals surface area contributed by atoms with E-state index < -0.39 is 12.1 Å². The number of aliphatic hydroxyl groups excluding tert-OH is 2. The molecule has 0 heterocycles. The molecule has 0 bridgehead atoms. The maximum absolute atomic E-state index is 12.5. The summed E-state index contributed by atoms with van der Waals surface area (Å²) in [5, 5.41) is 23.2. The zero-order chi connectivity index (χ0) is 50.0. The van der Waals surface area contributed by atoms with Gasteiger partial charge in [0, 0.05) is 12.8 Å². The zero-order valence-corrected chi connectivity index (χ0v) is 46.3. The second-order valence-corrected chi connectivity index (χ2v) is 21.0. The van der Waals surface area contributed by atoms with Crippen molar-refractivity contribution in [2.45, 2.75) is 341 Å². The Morgan fingerprint density at radius 3 is 1.13 bits per heavy atom. The first kappa shape index (κ1) is 67.1. The summed E-state index contributed by atoms with van der Waals surface area (Å²) < 4.78 is 5.47. The summed E-state index contributed by atoms with van der Waals surface area (Å²) in [4.78, 5) is 24.5. The highest BCUT2D eigenvalue weighted by Gasteiger charge is 2.18. The Labute approximate surface area is 430 Å². The summed E-state index contributed by atoms with van der Waals surface area (Å²) in [6.45, 7) is 4.88. The number of carbonyl (C=O) groups is 2. The average Bonchev–Trinajstić information content (AvgIpc) is 3.35. The lowest BCUT2D eigenvalue weighted by atomic mass is 10.0. The normalized spacial score (nSPS) is 12.8. The van der Waals surface area contributed by atoms with Crippen molar-refractivity contribution in [3.05, 3.63) is 36.5 Å². The molecule has 406 valence electrons. The van der Waals surface area contributed by atoms with Crippen molar-refractivity contribution in [3.63, 3.8) is 0 Å². The standard InChI is InChI=1S/C63H119NO5/c1-3-5-7-9-11-13-15-17-19-20-21-24-28-31-35-39-43-47-51-55-61(66)60(59-65)64-62(67)56-52-48-44-40-36-32-29-25-22-23-26-30-34-38-42-46-50-54-58-69-63(68)57-53-49-45-41-37-33-27-18-16-14-12-10-8-6-4-2/h12,14,18,27,51,55,60-61,65-66H,3-11,13,15-17,19-26,28-50,52-54,56-59H2,1-2H3,(H,64,67)/b14-12-,27-18-,55-51+. The maximum atomic E-state index is 12.5. The van der Waals surface area contributed by atoms with Crippen molar-refractivity contribution >= 4 is 11.9 Å². The van der Waals surface area contributed by atoms with Gasteiger partial charge in [0.1, 0.15) is 0 Å². The predicted octanol–water partition coefficient (Wildman–Crippen LogP) is 19.2. The Balaban J connectivity index is 3.45. The molecular weight excluding hydrogens is 851 g/mol. The van der Waals surface area contributed by atoms with Gasteiger partial charge in [-0.3, -0.25) is 9.59 Å². The van der Waals surface area contributed by atoms with Crippen LogP contribution in [-0.2, 0) is 14.3 Å². The third kappa shape index (κ3) is 55.2. The minimum atomic E-state index is -0.848. The molecule has 69 heavy (non-hydrogen) atoms. The van der Waals surface area contributed by atoms with Crippen molar-refractivity contribution in [2.24, 2.45) is 0 Å². The lowest BCUT2D eigenvalue weighted by molar-refractivity contribution is -0.143. The van der Waals surface area contributed by atoms with Gasteiger partial charge in [-0.1, -0.05) is 288 Å². The molecule has 6 heteroatoms. The largest absolute Gasteiger partial charge is 0.466 e. The van der Waals surface area contributed by atoms with E-state index in [9.17, 15) is 19.8 Å². The van der Waals surface area contributed by atoms with Crippen LogP contribution in [0.25, 0.3) is 0 Å². The number of esters is 1. The van der Waals surface area contributed by atoms with E-state index in [1.807, 2.05) is 6.08 Å². The number of hydrogen-bond acceptors (Lipinski definition) is 5. The Morgan fingerprint density at radius 2 is 0.725 bits per heavy atom. The third-order valence-corrected chi connectivity index (χ3v) is 14.2. The first-order chi connectivity index (χ1) is 34.0. The number of ether oxygens (including phenoxy) is 1. The van der Waals surface area contributed by atoms with Gasteiger partial charge in [0.15, 0.2) is 0 Å². The SMILES string of the molecule is CCCCC/C=C\C/C=C\CCCCCCCC(=O)OCCCCCCCCCCCCCCCCCCCCC(=O)NC(CO)C(O)/C=C/CCCCCCCCCCCCCCCCCCC. The highest BCUT2D eigenvalue weighted by Crippen LogP contribution is 2.17. The molecule has 0 aromatic carbocycles. The first-order valence-corrected chi connectivity index (χ1v) is 30.8. The molecule has 2 atom stereocenters. The molecule has 0 fully saturated rings. The first-order valence-electron chi connectivity index (χ1n) is 30.8. The van der Waals surface area contributed by atoms with E-state index in [1.165, 1.54) is 250 Å². The topological polar surface area (TPSA) is 95.9 Å². The molecular formula is C63H119NO5. The summed E-state index contributed by atoms with van der Waals surface area (Å²) in [6, 6.07) is -0.632. The number of allylic oxidation sites excluding steroid dienone is 5. The Morgan fingerprint density at radius 1 is 0.406 bits per heavy atom. The smallest absolute Gasteiger partial charge is 0.305 e. The van der Waals surface area contributed by atoms with Crippen LogP contribution in [0.5, 0.6) is 0 Å². The minimum Gasteiger partial charge on any atom is -0.466 e. The lowest BCUT2D eigenvalue weighted by Crippen LogP contribution is -2.45. The van der Waals surface area contributed by atoms with Gasteiger partial charge in [0.25, 0.3) is 0 Å². The molecule has 0 radical (unpaired) electrons. The molecule has 3 N–H and O–H groups in total. The summed E-state index contributed by atoms with van der Waals surface area (Å²) in [5.41, 5.74) is 0. The van der Waals surface area contributed by atoms with Crippen LogP contribution in [0.3, 0.4) is 0 Å². The molecule has 1 amide bonds. The van der Waals surface area contributed by atoms with Crippen molar-refractivity contribution < 1.29 is 24.5 Å². The van der Waals surface area contributed by atoms with Crippen LogP contribution in [0.15, 0.2) is 36.5 Å². The molecule has 0 saturated carbocycles. The van der Waals surface area contributed by atoms with E-state index in [-0.39, 0.29) is 18.5 Å². The molecule has 0 spiro atoms. The van der Waals surface area contributed by atoms with Gasteiger partial charge in [-0.25, -0.2) is 0 Å². The second-order valence-electron chi connectivity index (χ2n) is 21.0. The van der Waals surface area contributed by atoms with Gasteiger partial charge in [-0.05, 0) is 64.2 Å². The van der Waals surface area contributed by atoms with Crippen LogP contribution in [0.4, 0.5) is 0 Å². The summed E-state index contributed by atoms with van der Waals surface area (Å²) in [6.07, 6.45) is 73.1. The quantitative estimate of drug-likeness (QED) is 0.0321. The van der Waals surface area contributed by atoms with Crippen LogP contribution in [0.2, 0.25) is 0 Å². The summed E-state index contributed by atoms with van der Waals surface area (Å²) >= 11 is 0. The van der Waals surface area contributed by atoms with Gasteiger partial charge in [-0.2, -0.15) is 0 Å². The Kier molecular flexibility index (Phi) is 57.0. The van der Waals surface area contributed by atoms with E-state index in [4.69, 9.17) is 4.74 Å². The van der Waals surface area contributed by atoms with Crippen molar-refractivity contribution in [2.75, 3.05) is 13.2 Å². The molecule has 0 aromatic rings. The van der Waals surface area contributed by atoms with Crippen LogP contribution in [-0.4, -0.2) is 47.4 Å². The van der Waals surface area contributed by atoms with Crippen molar-refractivity contribution in [1.29, 1.82) is 0 Å². The van der Waals surface area contributed by atoms with Crippen LogP contribution >= 0.6 is 0 Å². The highest BCUT2D eigenvalue weighted by molar-refractivity contribution is 5.76. The number of nitrogens with one attached hydrogen (secondary N) is 1. The maximum Gasteiger partial charge on any atom is 0.305 e. The predicted molar refractivity (Wildman–Crippen MR) is 301 cm³/mol. The fourth-order valence-electron chi connectivity index (χ4n) is 9.43. The van der Waals surface area contributed by atoms with Gasteiger partial charge < -0.3 is 20.3 Å². The molecule has 0 saturated heterocycles. The number of amides is 1. The van der Waals surface area contributed by atoms with E-state index in [0.29, 0.717) is 19.4 Å². The van der Waals surface area contributed by atoms with E-state index >= 15 is 0 Å². The van der Waals surface area contributed by atoms with Crippen molar-refractivity contribution in [3.8, 4) is 0 Å². The van der Waals surface area contributed by atoms with E-state index in [0.717, 1.165) is 51.4 Å². The molecule has 6 nitrogen and oxygen atoms in total. The summed E-state index contributed by atoms with van der Waals surface area (Å²) in [5.74, 6) is -0.0776. The molecule has 0 aliphatic carbocycles. The minimum absolute atomic E-state index is 0.00734. The number of carbonyl (C=O) groups excluding carboxylic acids is 2. The number of aliphatic hydroxyl groups is 2. The van der Waals surface area contributed by atoms with Crippen LogP contribution < -0.4 is 5.32 Å². The summed E-state index contributed by atoms with van der Waals surface area (Å²) in [7, 11) is 0. The van der Waals surface area contributed by atoms with E-state index in [2.05, 4.69) is 43.5 Å². The average molecular weight is 971 g/mol. The molecule has 0 aliphatic heterocycles. The van der Waals surface area contributed by atoms with Crippen molar-refractivity contribution in [1.82, 2.24) is 5.32 Å². The van der Waals surface area contributed by atoms with Gasteiger partial charge in [0.2, 0.25) is 5.91 Å². The zero-order valence-electron chi connectivity index (χ0n) is 46.3. The number of unbranched alkanes of at least 4 members (excludes halogenated alkanes) is 42. The van der Waals surface area contributed by atoms with Crippen LogP contribution in [0.1, 0.15) is 328 Å². The fourth-order valence-corrected chi connectivity index (χ4v) is 9.43. The second kappa shape index (κ2) is 58.6. The van der Waals surface area contributed by atoms with Crippen LogP contribution in [0, 0.1) is 0 Å². The van der Waals surface area contributed by atoms with Gasteiger partial charge in [0.05, 0.1) is 25.4 Å².